The van der Waals surface area contributed by atoms with Crippen LogP contribution in [0.4, 0.5) is 0 Å². The molecular formula is C48H74BrNO12S. The molecule has 63 heavy (non-hydrogen) atoms. The highest BCUT2D eigenvalue weighted by Gasteiger charge is 2.64. The molecule has 0 aliphatic carbocycles. The number of nitrogens with one attached hydrogen (secondary N) is 1. The summed E-state index contributed by atoms with van der Waals surface area (Å²) in [5.41, 5.74) is -1.86. The number of Topliss-reactive ketones (excluding diaryl/α,β-unsaturated/α-hetero) is 1. The molecule has 0 unspecified atom stereocenters. The van der Waals surface area contributed by atoms with Gasteiger partial charge in [-0.1, -0.05) is 77.4 Å². The minimum Gasteiger partial charge on any atom is -0.481 e. The molecule has 1 aromatic carbocycles. The maximum absolute atomic E-state index is 14.7. The standard InChI is InChI=1S/C48H74BrNO12S/c1-11-35(44(53)54)37-19-14-27(4)42(59-37)31(8)40(51)30(7)41(52)36(12-2)43-28(5)26-29(6)47(60-43)23-20-38(50-63(56,57)34-17-15-33(49)16-18-34)48(62-47)25-24-45(10,61-48)39-21-22-46(55,13-3)32(9)58-39/h15-18,20,23,27-32,35-40,42-43,50-51,55H,11-14,19,21-22,24-26H2,1-10H3,(H,53,54)/t27-,28-,29+,30-,31-,32-,35+,36-,37+,38+,39+,40+,42+,43-,45-,46+,47-,48-/m0/s1. The summed E-state index contributed by atoms with van der Waals surface area (Å²) in [6.07, 6.45) is 5.49. The quantitative estimate of drug-likeness (QED) is 0.125. The summed E-state index contributed by atoms with van der Waals surface area (Å²) in [5, 5.41) is 33.0. The summed E-state index contributed by atoms with van der Waals surface area (Å²) < 4.78 is 66.1. The fraction of sp³-hybridized carbons (Fsp3) is 0.792. The lowest BCUT2D eigenvalue weighted by atomic mass is 9.72. The fourth-order valence-corrected chi connectivity index (χ4v) is 13.0. The minimum absolute atomic E-state index is 0.0718. The number of aliphatic hydroxyl groups is 2. The predicted octanol–water partition coefficient (Wildman–Crippen LogP) is 7.94. The van der Waals surface area contributed by atoms with Gasteiger partial charge in [0.15, 0.2) is 11.6 Å². The number of ketones is 1. The number of sulfonamides is 1. The average molecular weight is 969 g/mol. The third kappa shape index (κ3) is 9.95. The highest BCUT2D eigenvalue weighted by molar-refractivity contribution is 9.10. The molecule has 6 rings (SSSR count). The maximum atomic E-state index is 14.7. The van der Waals surface area contributed by atoms with Gasteiger partial charge in [0.2, 0.25) is 10.0 Å². The Balaban J connectivity index is 1.27. The van der Waals surface area contributed by atoms with Crippen molar-refractivity contribution in [2.24, 2.45) is 41.4 Å². The lowest BCUT2D eigenvalue weighted by Gasteiger charge is -2.55. The summed E-state index contributed by atoms with van der Waals surface area (Å²) >= 11 is 3.39. The van der Waals surface area contributed by atoms with Crippen molar-refractivity contribution in [2.45, 2.75) is 204 Å². The summed E-state index contributed by atoms with van der Waals surface area (Å²) in [6.45, 7) is 19.4. The van der Waals surface area contributed by atoms with Crippen LogP contribution in [0.25, 0.3) is 0 Å². The van der Waals surface area contributed by atoms with Crippen molar-refractivity contribution in [2.75, 3.05) is 0 Å². The summed E-state index contributed by atoms with van der Waals surface area (Å²) in [4.78, 5) is 26.8. The molecule has 5 heterocycles. The van der Waals surface area contributed by atoms with Crippen molar-refractivity contribution in [3.05, 3.63) is 40.9 Å². The number of hydrogen-bond donors (Lipinski definition) is 4. The zero-order valence-electron chi connectivity index (χ0n) is 38.9. The molecule has 18 atom stereocenters. The molecule has 4 fully saturated rings. The van der Waals surface area contributed by atoms with E-state index in [1.165, 1.54) is 12.1 Å². The van der Waals surface area contributed by atoms with Crippen LogP contribution in [0.2, 0.25) is 0 Å². The van der Waals surface area contributed by atoms with Crippen molar-refractivity contribution in [3.63, 3.8) is 0 Å². The van der Waals surface area contributed by atoms with Gasteiger partial charge >= 0.3 is 5.97 Å². The van der Waals surface area contributed by atoms with E-state index in [0.717, 1.165) is 10.9 Å². The van der Waals surface area contributed by atoms with Crippen LogP contribution in [0, 0.1) is 41.4 Å². The van der Waals surface area contributed by atoms with E-state index >= 15 is 0 Å². The molecule has 0 amide bonds. The number of carbonyl (C=O) groups is 2. The number of aliphatic carboxylic acids is 1. The number of carboxylic acid groups (broad SMARTS) is 1. The molecule has 5 aliphatic heterocycles. The van der Waals surface area contributed by atoms with Crippen LogP contribution in [0.1, 0.15) is 133 Å². The molecule has 1 aromatic rings. The van der Waals surface area contributed by atoms with E-state index in [1.54, 1.807) is 31.2 Å². The Morgan fingerprint density at radius 3 is 2.17 bits per heavy atom. The number of ether oxygens (including phenoxy) is 5. The maximum Gasteiger partial charge on any atom is 0.309 e. The highest BCUT2D eigenvalue weighted by Crippen LogP contribution is 2.54. The molecular weight excluding hydrogens is 894 g/mol. The molecule has 2 spiro atoms. The zero-order chi connectivity index (χ0) is 46.4. The van der Waals surface area contributed by atoms with Crippen LogP contribution in [0.5, 0.6) is 0 Å². The Morgan fingerprint density at radius 1 is 0.905 bits per heavy atom. The topological polar surface area (TPSA) is 187 Å². The Labute approximate surface area is 383 Å². The molecule has 0 bridgehead atoms. The van der Waals surface area contributed by atoms with Gasteiger partial charge in [0.25, 0.3) is 0 Å². The SMILES string of the molecule is CC[C@@H](C(=O)[C@@H](C)[C@@H](O)[C@H](C)[C@@H]1O[C@@H]([C@@H](CC)C(=O)O)CC[C@@H]1C)[C@H]1O[C@]2(C=C[C@@H](NS(=O)(=O)c3ccc(Br)cc3)[C@]3(CC[C@@](C)([C@H]4CC[C@](O)(CC)[C@H](C)O4)O3)O2)[C@H](C)C[C@@H]1C. The first-order valence-corrected chi connectivity index (χ1v) is 25.8. The van der Waals surface area contributed by atoms with Gasteiger partial charge in [-0.15, -0.1) is 0 Å². The third-order valence-electron chi connectivity index (χ3n) is 15.9. The number of benzene rings is 1. The van der Waals surface area contributed by atoms with Gasteiger partial charge in [-0.05, 0) is 114 Å². The molecule has 15 heteroatoms. The van der Waals surface area contributed by atoms with Crippen LogP contribution < -0.4 is 4.72 Å². The van der Waals surface area contributed by atoms with Gasteiger partial charge in [0, 0.05) is 34.6 Å². The van der Waals surface area contributed by atoms with Gasteiger partial charge in [-0.2, -0.15) is 4.72 Å². The van der Waals surface area contributed by atoms with Crippen LogP contribution in [-0.4, -0.2) is 101 Å². The van der Waals surface area contributed by atoms with E-state index in [-0.39, 0.29) is 28.4 Å². The van der Waals surface area contributed by atoms with Gasteiger partial charge in [-0.3, -0.25) is 9.59 Å². The van der Waals surface area contributed by atoms with Gasteiger partial charge in [-0.25, -0.2) is 8.42 Å². The Kier molecular flexibility index (Phi) is 15.6. The summed E-state index contributed by atoms with van der Waals surface area (Å²) in [6, 6.07) is 5.43. The molecule has 0 radical (unpaired) electrons. The van der Waals surface area contributed by atoms with E-state index in [1.807, 2.05) is 48.5 Å². The first-order valence-electron chi connectivity index (χ1n) is 23.5. The smallest absolute Gasteiger partial charge is 0.309 e. The number of aliphatic hydroxyl groups excluding tert-OH is 1. The summed E-state index contributed by atoms with van der Waals surface area (Å²) in [7, 11) is -4.07. The predicted molar refractivity (Wildman–Crippen MR) is 241 cm³/mol. The van der Waals surface area contributed by atoms with Crippen LogP contribution in [0.15, 0.2) is 45.8 Å². The molecule has 356 valence electrons. The fourth-order valence-electron chi connectivity index (χ4n) is 11.5. The number of halogens is 1. The van der Waals surface area contributed by atoms with Crippen LogP contribution >= 0.6 is 15.9 Å². The van der Waals surface area contributed by atoms with Crippen molar-refractivity contribution in [1.82, 2.24) is 4.72 Å². The average Bonchev–Trinajstić information content (AvgIpc) is 3.58. The molecule has 13 nitrogen and oxygen atoms in total. The van der Waals surface area contributed by atoms with E-state index in [2.05, 4.69) is 34.5 Å². The summed E-state index contributed by atoms with van der Waals surface area (Å²) in [5.74, 6) is -6.65. The second kappa shape index (κ2) is 19.4. The van der Waals surface area contributed by atoms with Crippen molar-refractivity contribution >= 4 is 37.7 Å². The number of carbonyl (C=O) groups excluding carboxylic acids is 1. The number of carboxylic acids is 1. The molecule has 4 saturated heterocycles. The van der Waals surface area contributed by atoms with Gasteiger partial charge < -0.3 is 39.0 Å². The first kappa shape index (κ1) is 50.6. The van der Waals surface area contributed by atoms with Crippen molar-refractivity contribution in [3.8, 4) is 0 Å². The highest BCUT2D eigenvalue weighted by atomic mass is 79.9. The normalized spacial score (nSPS) is 40.9. The van der Waals surface area contributed by atoms with E-state index in [9.17, 15) is 33.3 Å². The lowest BCUT2D eigenvalue weighted by Crippen LogP contribution is -2.65. The zero-order valence-corrected chi connectivity index (χ0v) is 41.3. The van der Waals surface area contributed by atoms with Crippen molar-refractivity contribution in [1.29, 1.82) is 0 Å². The monoisotopic (exact) mass is 967 g/mol. The largest absolute Gasteiger partial charge is 0.481 e. The molecule has 0 aromatic heterocycles. The molecule has 4 N–H and O–H groups in total. The third-order valence-corrected chi connectivity index (χ3v) is 17.9. The second-order valence-corrected chi connectivity index (χ2v) is 22.7. The molecule has 5 aliphatic rings. The minimum atomic E-state index is -4.07. The van der Waals surface area contributed by atoms with E-state index in [4.69, 9.17) is 23.7 Å². The van der Waals surface area contributed by atoms with Gasteiger partial charge in [0.05, 0.1) is 64.7 Å². The van der Waals surface area contributed by atoms with Gasteiger partial charge in [0.1, 0.15) is 5.78 Å². The lowest BCUT2D eigenvalue weighted by molar-refractivity contribution is -0.397. The Morgan fingerprint density at radius 2 is 1.57 bits per heavy atom. The van der Waals surface area contributed by atoms with Crippen LogP contribution in [-0.2, 0) is 43.3 Å². The van der Waals surface area contributed by atoms with E-state index < -0.39 is 105 Å². The van der Waals surface area contributed by atoms with E-state index in [0.29, 0.717) is 57.8 Å². The first-order chi connectivity index (χ1) is 29.5. The Hall–Kier alpha value is -1.79. The Bertz CT molecular complexity index is 1920. The van der Waals surface area contributed by atoms with Crippen molar-refractivity contribution < 1.29 is 57.0 Å². The second-order valence-electron chi connectivity index (χ2n) is 20.0. The number of hydrogen-bond acceptors (Lipinski definition) is 11. The number of rotatable bonds is 15. The molecule has 0 saturated carbocycles. The van der Waals surface area contributed by atoms with Crippen LogP contribution in [0.3, 0.4) is 0 Å².